The molecule has 2 aromatic heterocycles. The van der Waals surface area contributed by atoms with Gasteiger partial charge in [0.2, 0.25) is 5.76 Å². The second kappa shape index (κ2) is 5.54. The van der Waals surface area contributed by atoms with Gasteiger partial charge in [-0.25, -0.2) is 4.98 Å². The van der Waals surface area contributed by atoms with Crippen molar-refractivity contribution in [2.45, 2.75) is 18.5 Å². The fraction of sp³-hybridized carbons (Fsp3) is 0.467. The molecule has 2 aromatic rings. The minimum Gasteiger partial charge on any atom is -0.444 e. The van der Waals surface area contributed by atoms with Crippen molar-refractivity contribution in [3.63, 3.8) is 0 Å². The number of fused-ring (bicyclic) bond motifs is 1. The number of nitrogens with one attached hydrogen (secondary N) is 1. The Morgan fingerprint density at radius 1 is 1.45 bits per heavy atom. The number of halogens is 1. The van der Waals surface area contributed by atoms with Crippen LogP contribution in [-0.4, -0.2) is 48.3 Å². The maximum Gasteiger partial charge on any atom is 0.204 e. The quantitative estimate of drug-likeness (QED) is 0.903. The van der Waals surface area contributed by atoms with E-state index in [-0.39, 0.29) is 0 Å². The molecule has 2 aliphatic heterocycles. The lowest BCUT2D eigenvalue weighted by Gasteiger charge is -2.34. The first-order chi connectivity index (χ1) is 10.7. The van der Waals surface area contributed by atoms with Gasteiger partial charge in [0.15, 0.2) is 5.58 Å². The predicted molar refractivity (Wildman–Crippen MR) is 84.6 cm³/mol. The lowest BCUT2D eigenvalue weighted by molar-refractivity contribution is -0.0571. The van der Waals surface area contributed by atoms with Gasteiger partial charge in [0.1, 0.15) is 11.9 Å². The van der Waals surface area contributed by atoms with Crippen LogP contribution < -0.4 is 5.32 Å². The molecule has 1 N–H and O–H groups in total. The summed E-state index contributed by atoms with van der Waals surface area (Å²) in [5, 5.41) is 13.3. The molecular formula is C15H15BrN4O2. The number of hydrogen-bond acceptors (Lipinski definition) is 6. The summed E-state index contributed by atoms with van der Waals surface area (Å²) in [5.41, 5.74) is 0.619. The van der Waals surface area contributed by atoms with Crippen LogP contribution in [-0.2, 0) is 4.74 Å². The van der Waals surface area contributed by atoms with Gasteiger partial charge in [-0.05, 0) is 22.4 Å². The van der Waals surface area contributed by atoms with E-state index in [0.717, 1.165) is 48.4 Å². The molecule has 1 unspecified atom stereocenters. The van der Waals surface area contributed by atoms with Crippen LogP contribution >= 0.6 is 15.9 Å². The maximum absolute atomic E-state index is 8.93. The number of aromatic nitrogens is 1. The molecule has 2 aliphatic rings. The molecular weight excluding hydrogens is 348 g/mol. The van der Waals surface area contributed by atoms with Crippen LogP contribution in [0.3, 0.4) is 0 Å². The Hall–Kier alpha value is -1.62. The molecule has 0 saturated carbocycles. The zero-order valence-electron chi connectivity index (χ0n) is 11.9. The molecule has 114 valence electrons. The lowest BCUT2D eigenvalue weighted by Crippen LogP contribution is -2.48. The van der Waals surface area contributed by atoms with Crippen molar-refractivity contribution in [2.75, 3.05) is 31.6 Å². The number of rotatable bonds is 3. The Balaban J connectivity index is 1.52. The molecule has 4 heterocycles. The smallest absolute Gasteiger partial charge is 0.204 e. The summed E-state index contributed by atoms with van der Waals surface area (Å²) in [5.74, 6) is 1.10. The van der Waals surface area contributed by atoms with E-state index >= 15 is 0 Å². The Morgan fingerprint density at radius 2 is 2.32 bits per heavy atom. The molecule has 7 heteroatoms. The molecule has 2 fully saturated rings. The van der Waals surface area contributed by atoms with Gasteiger partial charge in [-0.15, -0.1) is 0 Å². The highest BCUT2D eigenvalue weighted by molar-refractivity contribution is 9.10. The molecule has 1 atom stereocenters. The SMILES string of the molecule is N#Cc1cc2c(Br)c(NC3CCN(C4COC4)C3)ncc2o1. The highest BCUT2D eigenvalue weighted by Gasteiger charge is 2.32. The number of hydrogen-bond donors (Lipinski definition) is 1. The molecule has 0 aliphatic carbocycles. The Kier molecular flexibility index (Phi) is 3.53. The first kappa shape index (κ1) is 14.0. The topological polar surface area (TPSA) is 74.3 Å². The Labute approximate surface area is 136 Å². The summed E-state index contributed by atoms with van der Waals surface area (Å²) in [4.78, 5) is 6.89. The van der Waals surface area contributed by atoms with Gasteiger partial charge in [-0.1, -0.05) is 0 Å². The number of pyridine rings is 1. The number of nitriles is 1. The third-order valence-electron chi connectivity index (χ3n) is 4.32. The zero-order valence-corrected chi connectivity index (χ0v) is 13.5. The summed E-state index contributed by atoms with van der Waals surface area (Å²) in [7, 11) is 0. The summed E-state index contributed by atoms with van der Waals surface area (Å²) < 4.78 is 11.5. The Morgan fingerprint density at radius 3 is 3.05 bits per heavy atom. The van der Waals surface area contributed by atoms with Crippen LogP contribution in [0.25, 0.3) is 11.0 Å². The van der Waals surface area contributed by atoms with Crippen molar-refractivity contribution >= 4 is 32.7 Å². The average Bonchev–Trinajstić information content (AvgIpc) is 3.07. The molecule has 0 amide bonds. The third-order valence-corrected chi connectivity index (χ3v) is 5.13. The predicted octanol–water partition coefficient (Wildman–Crippen LogP) is 2.35. The number of likely N-dealkylation sites (tertiary alicyclic amines) is 1. The summed E-state index contributed by atoms with van der Waals surface area (Å²) in [6, 6.07) is 4.71. The van der Waals surface area contributed by atoms with Gasteiger partial charge >= 0.3 is 0 Å². The van der Waals surface area contributed by atoms with E-state index in [0.29, 0.717) is 23.4 Å². The minimum absolute atomic E-state index is 0.298. The fourth-order valence-electron chi connectivity index (χ4n) is 3.00. The number of nitrogens with zero attached hydrogens (tertiary/aromatic N) is 3. The Bertz CT molecular complexity index is 750. The van der Waals surface area contributed by atoms with Crippen LogP contribution in [0.5, 0.6) is 0 Å². The van der Waals surface area contributed by atoms with Crippen molar-refractivity contribution in [1.82, 2.24) is 9.88 Å². The molecule has 0 spiro atoms. The van der Waals surface area contributed by atoms with E-state index in [2.05, 4.69) is 31.1 Å². The number of anilines is 1. The number of furan rings is 1. The second-order valence-electron chi connectivity index (χ2n) is 5.74. The first-order valence-electron chi connectivity index (χ1n) is 7.31. The lowest BCUT2D eigenvalue weighted by atomic mass is 10.2. The molecule has 6 nitrogen and oxygen atoms in total. The highest BCUT2D eigenvalue weighted by Crippen LogP contribution is 2.32. The zero-order chi connectivity index (χ0) is 15.1. The van der Waals surface area contributed by atoms with Gasteiger partial charge in [-0.3, -0.25) is 4.90 Å². The maximum atomic E-state index is 8.93. The molecule has 22 heavy (non-hydrogen) atoms. The normalized spacial score (nSPS) is 22.6. The van der Waals surface area contributed by atoms with E-state index in [1.165, 1.54) is 0 Å². The van der Waals surface area contributed by atoms with Gasteiger partial charge in [-0.2, -0.15) is 5.26 Å². The van der Waals surface area contributed by atoms with Crippen LogP contribution in [0.15, 0.2) is 21.2 Å². The van der Waals surface area contributed by atoms with E-state index < -0.39 is 0 Å². The van der Waals surface area contributed by atoms with Crippen molar-refractivity contribution in [3.8, 4) is 6.07 Å². The van der Waals surface area contributed by atoms with E-state index in [1.807, 2.05) is 6.07 Å². The van der Waals surface area contributed by atoms with Crippen LogP contribution in [0.4, 0.5) is 5.82 Å². The molecule has 4 rings (SSSR count). The van der Waals surface area contributed by atoms with Crippen molar-refractivity contribution < 1.29 is 9.15 Å². The molecule has 0 radical (unpaired) electrons. The third kappa shape index (κ3) is 2.37. The van der Waals surface area contributed by atoms with Crippen molar-refractivity contribution in [3.05, 3.63) is 22.5 Å². The minimum atomic E-state index is 0.298. The first-order valence-corrected chi connectivity index (χ1v) is 8.10. The largest absolute Gasteiger partial charge is 0.444 e. The molecule has 2 saturated heterocycles. The molecule has 0 aromatic carbocycles. The van der Waals surface area contributed by atoms with Crippen molar-refractivity contribution in [2.24, 2.45) is 0 Å². The molecule has 0 bridgehead atoms. The summed E-state index contributed by atoms with van der Waals surface area (Å²) in [6.07, 6.45) is 2.76. The van der Waals surface area contributed by atoms with Gasteiger partial charge in [0.05, 0.1) is 29.9 Å². The monoisotopic (exact) mass is 362 g/mol. The standard InChI is InChI=1S/C15H15BrN4O2/c16-14-12-3-11(4-17)22-13(12)5-18-15(14)19-9-1-2-20(6-9)10-7-21-8-10/h3,5,9-10H,1-2,6-8H2,(H,18,19). The van der Waals surface area contributed by atoms with Crippen LogP contribution in [0.2, 0.25) is 0 Å². The average molecular weight is 363 g/mol. The van der Waals surface area contributed by atoms with Gasteiger partial charge < -0.3 is 14.5 Å². The summed E-state index contributed by atoms with van der Waals surface area (Å²) >= 11 is 3.57. The van der Waals surface area contributed by atoms with Gasteiger partial charge in [0.25, 0.3) is 0 Å². The highest BCUT2D eigenvalue weighted by atomic mass is 79.9. The van der Waals surface area contributed by atoms with E-state index in [1.54, 1.807) is 12.3 Å². The van der Waals surface area contributed by atoms with E-state index in [9.17, 15) is 0 Å². The fourth-order valence-corrected chi connectivity index (χ4v) is 3.53. The van der Waals surface area contributed by atoms with Crippen LogP contribution in [0, 0.1) is 11.3 Å². The van der Waals surface area contributed by atoms with E-state index in [4.69, 9.17) is 14.4 Å². The summed E-state index contributed by atoms with van der Waals surface area (Å²) in [6.45, 7) is 3.81. The van der Waals surface area contributed by atoms with Crippen LogP contribution in [0.1, 0.15) is 12.2 Å². The second-order valence-corrected chi connectivity index (χ2v) is 6.53. The number of ether oxygens (including phenoxy) is 1. The van der Waals surface area contributed by atoms with Gasteiger partial charge in [0, 0.05) is 30.6 Å². The van der Waals surface area contributed by atoms with Crippen molar-refractivity contribution in [1.29, 1.82) is 5.26 Å².